The van der Waals surface area contributed by atoms with Crippen molar-refractivity contribution in [2.45, 2.75) is 45.9 Å². The van der Waals surface area contributed by atoms with Crippen molar-refractivity contribution in [2.24, 2.45) is 11.1 Å². The summed E-state index contributed by atoms with van der Waals surface area (Å²) in [6, 6.07) is 0. The van der Waals surface area contributed by atoms with Crippen LogP contribution < -0.4 is 11.1 Å². The lowest BCUT2D eigenvalue weighted by molar-refractivity contribution is -0.163. The van der Waals surface area contributed by atoms with E-state index in [1.54, 1.807) is 0 Å². The Labute approximate surface area is 123 Å². The summed E-state index contributed by atoms with van der Waals surface area (Å²) in [6.07, 6.45) is -1.56. The molecule has 0 fully saturated rings. The first-order chi connectivity index (χ1) is 9.44. The Bertz CT molecular complexity index is 405. The number of aliphatic hydroxyl groups excluding tert-OH is 2. The Morgan fingerprint density at radius 2 is 1.81 bits per heavy atom. The minimum absolute atomic E-state index is 0.0652. The van der Waals surface area contributed by atoms with Crippen LogP contribution in [0.3, 0.4) is 0 Å². The van der Waals surface area contributed by atoms with Crippen LogP contribution in [-0.2, 0) is 19.1 Å². The van der Waals surface area contributed by atoms with Crippen LogP contribution in [0.25, 0.3) is 0 Å². The van der Waals surface area contributed by atoms with Gasteiger partial charge in [-0.2, -0.15) is 0 Å². The third kappa shape index (κ3) is 6.19. The molecule has 0 aromatic carbocycles. The molecule has 5 N–H and O–H groups in total. The van der Waals surface area contributed by atoms with Gasteiger partial charge in [0, 0.05) is 25.3 Å². The molecule has 2 atom stereocenters. The van der Waals surface area contributed by atoms with Crippen molar-refractivity contribution >= 4 is 17.7 Å². The molecule has 1 amide bonds. The molecule has 8 heteroatoms. The van der Waals surface area contributed by atoms with Gasteiger partial charge in [0.1, 0.15) is 6.10 Å². The van der Waals surface area contributed by atoms with Crippen LogP contribution in [0.1, 0.15) is 34.1 Å². The normalized spacial score (nSPS) is 15.8. The van der Waals surface area contributed by atoms with Crippen molar-refractivity contribution < 1.29 is 29.3 Å². The summed E-state index contributed by atoms with van der Waals surface area (Å²) in [7, 11) is 0. The molecule has 0 radical (unpaired) electrons. The second-order valence-electron chi connectivity index (χ2n) is 5.71. The molecule has 0 rings (SSSR count). The quantitative estimate of drug-likeness (QED) is 0.322. The molecule has 0 aliphatic heterocycles. The summed E-state index contributed by atoms with van der Waals surface area (Å²) in [5, 5.41) is 21.2. The summed E-state index contributed by atoms with van der Waals surface area (Å²) >= 11 is 0. The fourth-order valence-corrected chi connectivity index (χ4v) is 1.44. The monoisotopic (exact) mass is 304 g/mol. The summed E-state index contributed by atoms with van der Waals surface area (Å²) in [5.74, 6) is -1.94. The van der Waals surface area contributed by atoms with E-state index in [2.05, 4.69) is 10.1 Å². The number of Topliss-reactive ketones (excluding diaryl/α,β-unsaturated/α-hetero) is 1. The molecule has 0 aliphatic rings. The Balaban J connectivity index is 4.35. The fourth-order valence-electron chi connectivity index (χ4n) is 1.44. The molecule has 1 unspecified atom stereocenters. The van der Waals surface area contributed by atoms with Crippen LogP contribution in [0.4, 0.5) is 0 Å². The number of ether oxygens (including phenoxy) is 1. The minimum Gasteiger partial charge on any atom is -0.437 e. The summed E-state index contributed by atoms with van der Waals surface area (Å²) in [5.41, 5.74) is 2.80. The van der Waals surface area contributed by atoms with Gasteiger partial charge in [0.15, 0.2) is 5.78 Å². The van der Waals surface area contributed by atoms with Crippen LogP contribution in [0, 0.1) is 5.41 Å². The second kappa shape index (κ2) is 7.48. The molecule has 0 saturated carbocycles. The number of aliphatic hydroxyl groups is 2. The molecule has 0 heterocycles. The van der Waals surface area contributed by atoms with Crippen molar-refractivity contribution in [1.29, 1.82) is 0 Å². The first-order valence-electron chi connectivity index (χ1n) is 6.52. The van der Waals surface area contributed by atoms with Crippen molar-refractivity contribution in [3.63, 3.8) is 0 Å². The van der Waals surface area contributed by atoms with Crippen LogP contribution >= 0.6 is 0 Å². The topological polar surface area (TPSA) is 139 Å². The zero-order valence-corrected chi connectivity index (χ0v) is 12.8. The van der Waals surface area contributed by atoms with E-state index in [4.69, 9.17) is 10.8 Å². The molecule has 122 valence electrons. The number of rotatable bonds is 8. The highest BCUT2D eigenvalue weighted by Crippen LogP contribution is 2.19. The summed E-state index contributed by atoms with van der Waals surface area (Å²) < 4.78 is 4.67. The number of ketones is 1. The van der Waals surface area contributed by atoms with E-state index in [9.17, 15) is 19.5 Å². The van der Waals surface area contributed by atoms with Crippen molar-refractivity contribution in [3.8, 4) is 0 Å². The maximum atomic E-state index is 11.7. The van der Waals surface area contributed by atoms with Gasteiger partial charge in [-0.3, -0.25) is 20.1 Å². The highest BCUT2D eigenvalue weighted by molar-refractivity contribution is 5.89. The van der Waals surface area contributed by atoms with Gasteiger partial charge >= 0.3 is 5.97 Å². The van der Waals surface area contributed by atoms with E-state index in [1.807, 2.05) is 0 Å². The zero-order chi connectivity index (χ0) is 16.8. The molecule has 0 spiro atoms. The summed E-state index contributed by atoms with van der Waals surface area (Å²) in [4.78, 5) is 34.2. The van der Waals surface area contributed by atoms with E-state index in [0.29, 0.717) is 0 Å². The number of carbonyl (C=O) groups is 3. The molecule has 0 aliphatic carbocycles. The zero-order valence-electron chi connectivity index (χ0n) is 12.8. The molecule has 0 bridgehead atoms. The Morgan fingerprint density at radius 3 is 2.24 bits per heavy atom. The molecule has 8 nitrogen and oxygen atoms in total. The van der Waals surface area contributed by atoms with Gasteiger partial charge in [0.25, 0.3) is 0 Å². The molecule has 0 saturated heterocycles. The third-order valence-corrected chi connectivity index (χ3v) is 2.96. The summed E-state index contributed by atoms with van der Waals surface area (Å²) in [6.45, 7) is 5.01. The van der Waals surface area contributed by atoms with Crippen LogP contribution in [-0.4, -0.2) is 52.9 Å². The minimum atomic E-state index is -1.75. The van der Waals surface area contributed by atoms with Gasteiger partial charge in [0.2, 0.25) is 11.6 Å². The highest BCUT2D eigenvalue weighted by Gasteiger charge is 2.34. The van der Waals surface area contributed by atoms with E-state index in [-0.39, 0.29) is 19.6 Å². The van der Waals surface area contributed by atoms with Crippen molar-refractivity contribution in [3.05, 3.63) is 0 Å². The predicted molar refractivity (Wildman–Crippen MR) is 73.9 cm³/mol. The molecular formula is C13H24N2O6. The van der Waals surface area contributed by atoms with E-state index >= 15 is 0 Å². The smallest absolute Gasteiger partial charge is 0.304 e. The highest BCUT2D eigenvalue weighted by atomic mass is 16.6. The predicted octanol–water partition coefficient (Wildman–Crippen LogP) is -1.32. The van der Waals surface area contributed by atoms with Crippen molar-refractivity contribution in [2.75, 3.05) is 13.2 Å². The van der Waals surface area contributed by atoms with Crippen molar-refractivity contribution in [1.82, 2.24) is 5.32 Å². The average molecular weight is 304 g/mol. The van der Waals surface area contributed by atoms with Gasteiger partial charge < -0.3 is 20.3 Å². The van der Waals surface area contributed by atoms with Gasteiger partial charge in [0.05, 0.1) is 6.61 Å². The largest absolute Gasteiger partial charge is 0.437 e. The SMILES string of the molecule is CC(=O)OC(C)(N)C(=O)CCNC(=O)[C@H](O)C(C)(C)CO. The lowest BCUT2D eigenvalue weighted by Crippen LogP contribution is -2.50. The lowest BCUT2D eigenvalue weighted by atomic mass is 9.87. The number of carbonyl (C=O) groups excluding carboxylic acids is 3. The molecule has 0 aromatic heterocycles. The number of nitrogens with one attached hydrogen (secondary N) is 1. The van der Waals surface area contributed by atoms with Crippen LogP contribution in [0.2, 0.25) is 0 Å². The van der Waals surface area contributed by atoms with Gasteiger partial charge in [-0.05, 0) is 6.92 Å². The van der Waals surface area contributed by atoms with Gasteiger partial charge in [-0.15, -0.1) is 0 Å². The average Bonchev–Trinajstić information content (AvgIpc) is 2.35. The maximum absolute atomic E-state index is 11.7. The number of amides is 1. The van der Waals surface area contributed by atoms with Crippen LogP contribution in [0.5, 0.6) is 0 Å². The van der Waals surface area contributed by atoms with E-state index in [1.165, 1.54) is 20.8 Å². The number of esters is 1. The fraction of sp³-hybridized carbons (Fsp3) is 0.769. The van der Waals surface area contributed by atoms with E-state index in [0.717, 1.165) is 6.92 Å². The molecule has 21 heavy (non-hydrogen) atoms. The van der Waals surface area contributed by atoms with Gasteiger partial charge in [-0.1, -0.05) is 13.8 Å². The maximum Gasteiger partial charge on any atom is 0.304 e. The molecule has 0 aromatic rings. The first-order valence-corrected chi connectivity index (χ1v) is 6.52. The third-order valence-electron chi connectivity index (χ3n) is 2.96. The standard InChI is InChI=1S/C13H24N2O6/c1-8(17)21-13(4,14)9(18)5-6-15-11(20)10(19)12(2,3)7-16/h10,16,19H,5-7,14H2,1-4H3,(H,15,20)/t10-,13?/m0/s1. The van der Waals surface area contributed by atoms with Crippen LogP contribution in [0.15, 0.2) is 0 Å². The number of hydrogen-bond donors (Lipinski definition) is 4. The second-order valence-corrected chi connectivity index (χ2v) is 5.71. The van der Waals surface area contributed by atoms with Gasteiger partial charge in [-0.25, -0.2) is 0 Å². The molecular weight excluding hydrogens is 280 g/mol. The number of nitrogens with two attached hydrogens (primary N) is 1. The Morgan fingerprint density at radius 1 is 1.29 bits per heavy atom. The lowest BCUT2D eigenvalue weighted by Gasteiger charge is -2.27. The first kappa shape index (κ1) is 19.5. The van der Waals surface area contributed by atoms with E-state index < -0.39 is 34.9 Å². The Hall–Kier alpha value is -1.51. The number of hydrogen-bond acceptors (Lipinski definition) is 7. The Kier molecular flexibility index (Phi) is 6.95.